The molecule has 0 radical (unpaired) electrons. The zero-order valence-electron chi connectivity index (χ0n) is 32.1. The van der Waals surface area contributed by atoms with Gasteiger partial charge in [0.2, 0.25) is 0 Å². The van der Waals surface area contributed by atoms with E-state index in [-0.39, 0.29) is 5.56 Å². The lowest BCUT2D eigenvalue weighted by molar-refractivity contribution is 0.585. The lowest BCUT2D eigenvalue weighted by Gasteiger charge is -2.19. The Morgan fingerprint density at radius 1 is 0.328 bits per heavy atom. The van der Waals surface area contributed by atoms with E-state index in [0.717, 1.165) is 78.5 Å². The fraction of sp³-hybridized carbons (Fsp3) is 0.0370. The first-order valence-corrected chi connectivity index (χ1v) is 19.3. The number of aryl methyl sites for hydroxylation is 2. The van der Waals surface area contributed by atoms with E-state index >= 15 is 0 Å². The smallest absolute Gasteiger partial charge is 0.135 e. The topological polar surface area (TPSA) is 25.8 Å². The fourth-order valence-electron chi connectivity index (χ4n) is 7.90. The summed E-state index contributed by atoms with van der Waals surface area (Å²) in [6, 6.07) is 60.6. The normalized spacial score (nSPS) is 11.1. The van der Waals surface area contributed by atoms with Crippen LogP contribution in [0.15, 0.2) is 194 Å². The van der Waals surface area contributed by atoms with E-state index in [1.54, 1.807) is 12.3 Å². The zero-order chi connectivity index (χ0) is 39.6. The quantitative estimate of drug-likeness (QED) is 0.154. The molecule has 0 bridgehead atoms. The van der Waals surface area contributed by atoms with Crippen molar-refractivity contribution in [3.05, 3.63) is 217 Å². The van der Waals surface area contributed by atoms with E-state index in [9.17, 15) is 8.78 Å². The van der Waals surface area contributed by atoms with E-state index < -0.39 is 11.6 Å². The number of pyridine rings is 2. The van der Waals surface area contributed by atoms with Crippen LogP contribution in [0.3, 0.4) is 0 Å². The maximum atomic E-state index is 14.6. The Hall–Kier alpha value is -7.30. The molecule has 2 heterocycles. The molecule has 2 aromatic heterocycles. The summed E-state index contributed by atoms with van der Waals surface area (Å²) in [6.45, 7) is 4.32. The van der Waals surface area contributed by atoms with Gasteiger partial charge in [0.05, 0.1) is 11.4 Å². The van der Waals surface area contributed by atoms with Gasteiger partial charge in [-0.05, 0) is 111 Å². The van der Waals surface area contributed by atoms with Crippen LogP contribution in [-0.2, 0) is 0 Å². The molecule has 0 atom stereocenters. The minimum atomic E-state index is -0.639. The first-order valence-electron chi connectivity index (χ1n) is 19.3. The molecule has 0 unspecified atom stereocenters. The molecule has 0 aliphatic carbocycles. The molecule has 0 fully saturated rings. The minimum Gasteiger partial charge on any atom is -0.256 e. The van der Waals surface area contributed by atoms with Crippen LogP contribution in [0.25, 0.3) is 89.3 Å². The van der Waals surface area contributed by atoms with E-state index in [0.29, 0.717) is 5.69 Å². The highest BCUT2D eigenvalue weighted by Gasteiger charge is 2.18. The van der Waals surface area contributed by atoms with Crippen molar-refractivity contribution < 1.29 is 8.78 Å². The largest absolute Gasteiger partial charge is 0.256 e. The Bertz CT molecular complexity index is 2920. The first kappa shape index (κ1) is 36.3. The average molecular weight is 753 g/mol. The number of halogens is 2. The number of nitrogens with zero attached hydrogens (tertiary/aromatic N) is 2. The van der Waals surface area contributed by atoms with Gasteiger partial charge in [-0.1, -0.05) is 146 Å². The molecule has 7 aromatic carbocycles. The molecule has 0 spiro atoms. The highest BCUT2D eigenvalue weighted by Crippen LogP contribution is 2.43. The molecule has 58 heavy (non-hydrogen) atoms. The van der Waals surface area contributed by atoms with Crippen LogP contribution in [0.4, 0.5) is 8.78 Å². The molecule has 0 saturated carbocycles. The van der Waals surface area contributed by atoms with Crippen molar-refractivity contribution in [3.63, 3.8) is 0 Å². The molecule has 0 saturated heterocycles. The zero-order valence-corrected chi connectivity index (χ0v) is 32.1. The Labute approximate surface area is 337 Å². The summed E-state index contributed by atoms with van der Waals surface area (Å²) < 4.78 is 28.2. The second kappa shape index (κ2) is 15.7. The third-order valence-corrected chi connectivity index (χ3v) is 10.7. The lowest BCUT2D eigenvalue weighted by Crippen LogP contribution is -1.95. The van der Waals surface area contributed by atoms with Crippen molar-refractivity contribution in [1.29, 1.82) is 0 Å². The van der Waals surface area contributed by atoms with Gasteiger partial charge in [0, 0.05) is 40.7 Å². The third-order valence-electron chi connectivity index (χ3n) is 10.7. The van der Waals surface area contributed by atoms with Crippen molar-refractivity contribution in [3.8, 4) is 89.3 Å². The van der Waals surface area contributed by atoms with Gasteiger partial charge in [-0.2, -0.15) is 0 Å². The van der Waals surface area contributed by atoms with Gasteiger partial charge in [0.25, 0.3) is 0 Å². The maximum Gasteiger partial charge on any atom is 0.135 e. The van der Waals surface area contributed by atoms with Crippen molar-refractivity contribution in [2.45, 2.75) is 13.8 Å². The number of hydrogen-bond acceptors (Lipinski definition) is 2. The summed E-state index contributed by atoms with van der Waals surface area (Å²) in [5.74, 6) is -1.26. The molecule has 0 N–H and O–H groups in total. The van der Waals surface area contributed by atoms with Crippen LogP contribution in [0.5, 0.6) is 0 Å². The highest BCUT2D eigenvalue weighted by atomic mass is 19.1. The molecule has 0 amide bonds. The molecule has 278 valence electrons. The van der Waals surface area contributed by atoms with Gasteiger partial charge >= 0.3 is 0 Å². The Morgan fingerprint density at radius 2 is 0.897 bits per heavy atom. The first-order chi connectivity index (χ1) is 28.4. The Morgan fingerprint density at radius 3 is 1.53 bits per heavy atom. The molecule has 9 rings (SSSR count). The van der Waals surface area contributed by atoms with Crippen LogP contribution in [0, 0.1) is 25.5 Å². The molecule has 2 nitrogen and oxygen atoms in total. The number of rotatable bonds is 8. The summed E-state index contributed by atoms with van der Waals surface area (Å²) in [4.78, 5) is 9.65. The predicted octanol–water partition coefficient (Wildman–Crippen LogP) is 14.7. The highest BCUT2D eigenvalue weighted by molar-refractivity contribution is 5.95. The predicted molar refractivity (Wildman–Crippen MR) is 235 cm³/mol. The molecular formula is C54H38F2N2. The van der Waals surface area contributed by atoms with Crippen LogP contribution >= 0.6 is 0 Å². The summed E-state index contributed by atoms with van der Waals surface area (Å²) in [7, 11) is 0. The second-order valence-electron chi connectivity index (χ2n) is 14.6. The van der Waals surface area contributed by atoms with Crippen LogP contribution in [0.2, 0.25) is 0 Å². The van der Waals surface area contributed by atoms with Gasteiger partial charge in [-0.3, -0.25) is 9.97 Å². The summed E-state index contributed by atoms with van der Waals surface area (Å²) in [6.07, 6.45) is 3.78. The number of benzene rings is 7. The van der Waals surface area contributed by atoms with Crippen molar-refractivity contribution in [2.24, 2.45) is 0 Å². The molecular weight excluding hydrogens is 715 g/mol. The van der Waals surface area contributed by atoms with E-state index in [1.165, 1.54) is 28.8 Å². The van der Waals surface area contributed by atoms with Gasteiger partial charge < -0.3 is 0 Å². The maximum absolute atomic E-state index is 14.6. The molecule has 0 aliphatic rings. The SMILES string of the molecule is Cc1cc(-c2ccccc2-c2ccc(-c3ccc(F)cc3F)nc2)cc(-c2ccccc2-c2cnc(-c3ccccc3)cc2-c2ccc(-c3ccccc3)cc2C)c1. The third kappa shape index (κ3) is 7.24. The van der Waals surface area contributed by atoms with Gasteiger partial charge in [0.1, 0.15) is 11.6 Å². The number of aromatic nitrogens is 2. The summed E-state index contributed by atoms with van der Waals surface area (Å²) in [5, 5.41) is 0. The molecule has 9 aromatic rings. The van der Waals surface area contributed by atoms with Gasteiger partial charge in [-0.25, -0.2) is 8.78 Å². The van der Waals surface area contributed by atoms with Crippen molar-refractivity contribution in [2.75, 3.05) is 0 Å². The van der Waals surface area contributed by atoms with Gasteiger partial charge in [-0.15, -0.1) is 0 Å². The lowest BCUT2D eigenvalue weighted by atomic mass is 9.86. The standard InChI is InChI=1S/C54H38F2N2/c1-35-27-41(46-18-10-9-17-45(46)40-22-26-53(57-33-40)49-25-23-43(55)31-52(49)56)30-42(28-35)47-19-11-12-20-48(47)51-34-58-54(38-15-7-4-8-16-38)32-50(51)44-24-21-39(29-36(44)2)37-13-5-3-6-14-37/h3-34H,1-2H3. The summed E-state index contributed by atoms with van der Waals surface area (Å²) >= 11 is 0. The number of hydrogen-bond donors (Lipinski definition) is 0. The van der Waals surface area contributed by atoms with Crippen molar-refractivity contribution >= 4 is 0 Å². The van der Waals surface area contributed by atoms with E-state index in [1.807, 2.05) is 48.7 Å². The summed E-state index contributed by atoms with van der Waals surface area (Å²) in [5.41, 5.74) is 18.0. The van der Waals surface area contributed by atoms with E-state index in [4.69, 9.17) is 4.98 Å². The van der Waals surface area contributed by atoms with Crippen molar-refractivity contribution in [1.82, 2.24) is 9.97 Å². The van der Waals surface area contributed by atoms with Crippen LogP contribution in [-0.4, -0.2) is 9.97 Å². The minimum absolute atomic E-state index is 0.260. The molecule has 4 heteroatoms. The molecule has 0 aliphatic heterocycles. The van der Waals surface area contributed by atoms with Crippen LogP contribution in [0.1, 0.15) is 11.1 Å². The van der Waals surface area contributed by atoms with Crippen LogP contribution < -0.4 is 0 Å². The monoisotopic (exact) mass is 752 g/mol. The van der Waals surface area contributed by atoms with Gasteiger partial charge in [0.15, 0.2) is 0 Å². The average Bonchev–Trinajstić information content (AvgIpc) is 3.27. The van der Waals surface area contributed by atoms with E-state index in [2.05, 4.69) is 134 Å². The second-order valence-corrected chi connectivity index (χ2v) is 14.6. The fourth-order valence-corrected chi connectivity index (χ4v) is 7.90. The Kier molecular flexibility index (Phi) is 9.83. The Balaban J connectivity index is 1.14.